The Kier molecular flexibility index (Phi) is 14.7. The van der Waals surface area contributed by atoms with Gasteiger partial charge in [-0.2, -0.15) is 0 Å². The molecular weight excluding hydrogens is 805 g/mol. The summed E-state index contributed by atoms with van der Waals surface area (Å²) < 4.78 is 17.8. The van der Waals surface area contributed by atoms with Crippen LogP contribution in [-0.2, 0) is 23.8 Å². The summed E-state index contributed by atoms with van der Waals surface area (Å²) in [5.41, 5.74) is 2.41. The molecule has 0 saturated carbocycles. The first-order chi connectivity index (χ1) is 30.3. The third-order valence-electron chi connectivity index (χ3n) is 12.0. The molecule has 8 rings (SSSR count). The molecule has 2 aromatic rings. The van der Waals surface area contributed by atoms with E-state index in [0.717, 1.165) is 94.1 Å². The lowest BCUT2D eigenvalue weighted by Crippen LogP contribution is -2.57. The zero-order chi connectivity index (χ0) is 44.5. The highest BCUT2D eigenvalue weighted by molar-refractivity contribution is 6.06. The molecule has 6 heterocycles. The van der Waals surface area contributed by atoms with E-state index in [1.165, 1.54) is 0 Å². The second-order valence-electron chi connectivity index (χ2n) is 17.9. The van der Waals surface area contributed by atoms with Crippen LogP contribution in [0.5, 0.6) is 0 Å². The van der Waals surface area contributed by atoms with E-state index in [9.17, 15) is 24.0 Å². The summed E-state index contributed by atoms with van der Waals surface area (Å²) in [5.74, 6) is 12.5. The highest BCUT2D eigenvalue weighted by Crippen LogP contribution is 2.31. The molecule has 0 aliphatic carbocycles. The molecule has 0 aromatic heterocycles. The average molecular weight is 865 g/mol. The van der Waals surface area contributed by atoms with Gasteiger partial charge in [-0.05, 0) is 95.9 Å². The van der Waals surface area contributed by atoms with Gasteiger partial charge < -0.3 is 24.4 Å². The van der Waals surface area contributed by atoms with Crippen molar-refractivity contribution in [3.05, 3.63) is 59.7 Å². The van der Waals surface area contributed by atoms with E-state index in [0.29, 0.717) is 52.3 Å². The number of nitrogens with one attached hydrogen (secondary N) is 3. The van der Waals surface area contributed by atoms with Crippen LogP contribution in [0.25, 0.3) is 0 Å². The molecule has 0 atom stereocenters. The van der Waals surface area contributed by atoms with E-state index >= 15 is 0 Å². The van der Waals surface area contributed by atoms with E-state index < -0.39 is 11.6 Å². The quantitative estimate of drug-likeness (QED) is 0.386. The molecule has 63 heavy (non-hydrogen) atoms. The van der Waals surface area contributed by atoms with Crippen molar-refractivity contribution in [2.45, 2.75) is 76.1 Å². The summed E-state index contributed by atoms with van der Waals surface area (Å²) in [4.78, 5) is 68.8. The fraction of sp³-hybridized carbons (Fsp3) is 0.553. The van der Waals surface area contributed by atoms with Crippen LogP contribution < -0.4 is 25.8 Å². The third kappa shape index (κ3) is 12.6. The predicted molar refractivity (Wildman–Crippen MR) is 237 cm³/mol. The number of imide groups is 2. The first-order valence-electron chi connectivity index (χ1n) is 22.1. The Bertz CT molecular complexity index is 2130. The number of ether oxygens (including phenoxy) is 3. The van der Waals surface area contributed by atoms with Crippen molar-refractivity contribution in [3.8, 4) is 23.7 Å². The van der Waals surface area contributed by atoms with E-state index in [4.69, 9.17) is 14.2 Å². The van der Waals surface area contributed by atoms with Crippen molar-refractivity contribution in [2.24, 2.45) is 0 Å². The Balaban J connectivity index is 0.000000193. The Hall–Kier alpha value is -5.49. The number of urea groups is 2. The van der Waals surface area contributed by atoms with Crippen LogP contribution in [-0.4, -0.2) is 153 Å². The van der Waals surface area contributed by atoms with Gasteiger partial charge in [0.15, 0.2) is 0 Å². The Morgan fingerprint density at radius 2 is 1.16 bits per heavy atom. The van der Waals surface area contributed by atoms with Crippen molar-refractivity contribution in [1.82, 2.24) is 30.7 Å². The molecule has 0 unspecified atom stereocenters. The summed E-state index contributed by atoms with van der Waals surface area (Å²) in [6.07, 6.45) is 4.00. The van der Waals surface area contributed by atoms with Crippen LogP contribution in [0.4, 0.5) is 25.8 Å². The van der Waals surface area contributed by atoms with Gasteiger partial charge >= 0.3 is 18.2 Å². The van der Waals surface area contributed by atoms with Crippen molar-refractivity contribution >= 4 is 41.3 Å². The first-order valence-corrected chi connectivity index (χ1v) is 22.1. The van der Waals surface area contributed by atoms with Crippen LogP contribution in [0, 0.1) is 23.7 Å². The summed E-state index contributed by atoms with van der Waals surface area (Å²) in [7, 11) is 0. The van der Waals surface area contributed by atoms with Gasteiger partial charge in [0.1, 0.15) is 5.60 Å². The number of nitrogens with zero attached hydrogens (tertiary/aromatic N) is 5. The number of morpholine rings is 2. The minimum absolute atomic E-state index is 0.00977. The normalized spacial score (nSPS) is 21.5. The van der Waals surface area contributed by atoms with Crippen LogP contribution in [0.1, 0.15) is 70.4 Å². The summed E-state index contributed by atoms with van der Waals surface area (Å²) in [6, 6.07) is 14.3. The van der Waals surface area contributed by atoms with Crippen LogP contribution in [0.2, 0.25) is 0 Å². The number of carbonyl (C=O) groups is 5. The lowest BCUT2D eigenvalue weighted by atomic mass is 9.89. The highest BCUT2D eigenvalue weighted by atomic mass is 16.6. The van der Waals surface area contributed by atoms with Crippen molar-refractivity contribution < 1.29 is 38.2 Å². The standard InChI is InChI=1S/C26H34N4O5.C21H26N4O3/c1-25(2,3)35-24(33)29-14-10-26(11-15-29)19-28(16-17-34-26)12-5-7-20-6-4-8-21(18-20)30-13-9-22(31)27-23(30)32;26-19-6-12-25(20(27)23-19)18-5-1-3-17(15-18)4-2-11-24-13-14-28-21(16-24)7-9-22-10-8-21/h4,6,8,18H,9-17,19H2,1-3H3,(H,27,31,32);1,3,5,15,22H,6-14,16H2,(H,23,26,27). The van der Waals surface area contributed by atoms with Gasteiger partial charge in [-0.25, -0.2) is 14.4 Å². The predicted octanol–water partition coefficient (Wildman–Crippen LogP) is 3.53. The van der Waals surface area contributed by atoms with Gasteiger partial charge in [-0.3, -0.25) is 39.8 Å². The van der Waals surface area contributed by atoms with Crippen LogP contribution >= 0.6 is 0 Å². The third-order valence-corrected chi connectivity index (χ3v) is 12.0. The topological polar surface area (TPSA) is 165 Å². The van der Waals surface area contributed by atoms with Crippen molar-refractivity contribution in [1.29, 1.82) is 0 Å². The SMILES string of the molecule is CC(C)(C)OC(=O)N1CCC2(CC1)CN(CC#Cc1cccc(N3CCC(=O)NC3=O)c1)CCO2.O=C1CCN(c2cccc(C#CCN3CCOC4(CCNCC4)C3)c2)C(=O)N1. The largest absolute Gasteiger partial charge is 0.444 e. The van der Waals surface area contributed by atoms with E-state index in [1.54, 1.807) is 14.7 Å². The number of anilines is 2. The van der Waals surface area contributed by atoms with Gasteiger partial charge in [0.2, 0.25) is 11.8 Å². The van der Waals surface area contributed by atoms with Gasteiger partial charge in [-0.1, -0.05) is 35.8 Å². The smallest absolute Gasteiger partial charge is 0.410 e. The minimum atomic E-state index is -0.498. The van der Waals surface area contributed by atoms with Crippen LogP contribution in [0.15, 0.2) is 48.5 Å². The molecule has 2 aromatic carbocycles. The monoisotopic (exact) mass is 864 g/mol. The number of piperidine rings is 2. The number of hydrogen-bond donors (Lipinski definition) is 3. The fourth-order valence-corrected chi connectivity index (χ4v) is 8.66. The van der Waals surface area contributed by atoms with Crippen molar-refractivity contribution in [2.75, 3.05) is 102 Å². The number of carbonyl (C=O) groups excluding carboxylic acids is 5. The van der Waals surface area contributed by atoms with Crippen molar-refractivity contribution in [3.63, 3.8) is 0 Å². The lowest BCUT2D eigenvalue weighted by molar-refractivity contribution is -0.132. The van der Waals surface area contributed by atoms with Gasteiger partial charge in [0, 0.05) is 87.7 Å². The number of amides is 7. The molecule has 6 aliphatic rings. The summed E-state index contributed by atoms with van der Waals surface area (Å²) in [6.45, 7) is 15.8. The molecule has 2 spiro atoms. The van der Waals surface area contributed by atoms with Gasteiger partial charge in [-0.15, -0.1) is 0 Å². The van der Waals surface area contributed by atoms with E-state index in [1.807, 2.05) is 69.3 Å². The molecule has 16 heteroatoms. The number of benzene rings is 2. The van der Waals surface area contributed by atoms with E-state index in [2.05, 4.69) is 49.4 Å². The fourth-order valence-electron chi connectivity index (χ4n) is 8.66. The summed E-state index contributed by atoms with van der Waals surface area (Å²) in [5, 5.41) is 8.09. The summed E-state index contributed by atoms with van der Waals surface area (Å²) >= 11 is 0. The Labute approximate surface area is 370 Å². The second-order valence-corrected chi connectivity index (χ2v) is 17.9. The molecule has 0 radical (unpaired) electrons. The first kappa shape index (κ1) is 45.5. The lowest BCUT2D eigenvalue weighted by Gasteiger charge is -2.46. The van der Waals surface area contributed by atoms with Gasteiger partial charge in [0.25, 0.3) is 0 Å². The zero-order valence-electron chi connectivity index (χ0n) is 36.8. The second kappa shape index (κ2) is 20.3. The molecule has 6 fully saturated rings. The maximum atomic E-state index is 12.4. The Morgan fingerprint density at radius 1 is 0.683 bits per heavy atom. The minimum Gasteiger partial charge on any atom is -0.444 e. The molecular formula is C47H60N8O8. The number of hydrogen-bond acceptors (Lipinski definition) is 11. The molecule has 6 aliphatic heterocycles. The number of likely N-dealkylation sites (tertiary alicyclic amines) is 1. The molecule has 7 amide bonds. The Morgan fingerprint density at radius 3 is 1.62 bits per heavy atom. The number of rotatable bonds is 4. The van der Waals surface area contributed by atoms with E-state index in [-0.39, 0.29) is 41.6 Å². The average Bonchev–Trinajstić information content (AvgIpc) is 3.24. The zero-order valence-corrected chi connectivity index (χ0v) is 36.8. The molecule has 336 valence electrons. The maximum absolute atomic E-state index is 12.4. The van der Waals surface area contributed by atoms with Gasteiger partial charge in [0.05, 0.1) is 37.5 Å². The molecule has 0 bridgehead atoms. The molecule has 6 saturated heterocycles. The van der Waals surface area contributed by atoms with Crippen LogP contribution in [0.3, 0.4) is 0 Å². The maximum Gasteiger partial charge on any atom is 0.410 e. The molecule has 3 N–H and O–H groups in total. The molecule has 16 nitrogen and oxygen atoms in total. The highest BCUT2D eigenvalue weighted by Gasteiger charge is 2.41.